The van der Waals surface area contributed by atoms with Crippen molar-refractivity contribution in [1.82, 2.24) is 10.6 Å². The predicted octanol–water partition coefficient (Wildman–Crippen LogP) is 2.56. The molecule has 200 valence electrons. The highest BCUT2D eigenvalue weighted by molar-refractivity contribution is 5.90. The number of amides is 2. The first-order valence-electron chi connectivity index (χ1n) is 12.4. The second-order valence-corrected chi connectivity index (χ2v) is 9.17. The van der Waals surface area contributed by atoms with Gasteiger partial charge in [-0.05, 0) is 30.2 Å². The molecular weight excluding hydrogens is 476 g/mol. The molecule has 0 aromatic heterocycles. The number of carbonyl (C=O) groups excluding carboxylic acids is 3. The summed E-state index contributed by atoms with van der Waals surface area (Å²) >= 11 is 0. The first-order valence-corrected chi connectivity index (χ1v) is 12.4. The van der Waals surface area contributed by atoms with Crippen LogP contribution < -0.4 is 15.4 Å². The summed E-state index contributed by atoms with van der Waals surface area (Å²) < 4.78 is 21.7. The van der Waals surface area contributed by atoms with Crippen LogP contribution in [0.4, 0.5) is 0 Å². The fourth-order valence-corrected chi connectivity index (χ4v) is 4.16. The molecule has 1 aliphatic rings. The van der Waals surface area contributed by atoms with Crippen molar-refractivity contribution in [3.05, 3.63) is 65.7 Å². The zero-order valence-corrected chi connectivity index (χ0v) is 21.7. The predicted molar refractivity (Wildman–Crippen MR) is 137 cm³/mol. The molecule has 9 nitrogen and oxygen atoms in total. The third kappa shape index (κ3) is 8.58. The smallest absolute Gasteiger partial charge is 0.329 e. The van der Waals surface area contributed by atoms with Crippen molar-refractivity contribution in [2.75, 3.05) is 27.4 Å². The summed E-state index contributed by atoms with van der Waals surface area (Å²) in [5.41, 5.74) is 1.06. The van der Waals surface area contributed by atoms with Crippen LogP contribution in [0.2, 0.25) is 0 Å². The third-order valence-corrected chi connectivity index (χ3v) is 6.51. The van der Waals surface area contributed by atoms with Gasteiger partial charge in [0.05, 0.1) is 19.1 Å². The zero-order valence-electron chi connectivity index (χ0n) is 21.7. The van der Waals surface area contributed by atoms with Crippen LogP contribution in [0.15, 0.2) is 54.6 Å². The lowest BCUT2D eigenvalue weighted by atomic mass is 9.90. The monoisotopic (exact) mass is 512 g/mol. The Hall–Kier alpha value is -3.43. The van der Waals surface area contributed by atoms with Gasteiger partial charge < -0.3 is 29.6 Å². The average molecular weight is 513 g/mol. The number of rotatable bonds is 12. The van der Waals surface area contributed by atoms with Gasteiger partial charge in [0, 0.05) is 39.6 Å². The number of ether oxygens (including phenoxy) is 4. The Kier molecular flexibility index (Phi) is 10.5. The van der Waals surface area contributed by atoms with E-state index in [1.54, 1.807) is 33.3 Å². The molecule has 0 saturated carbocycles. The lowest BCUT2D eigenvalue weighted by Crippen LogP contribution is -2.52. The zero-order chi connectivity index (χ0) is 26.7. The normalized spacial score (nSPS) is 16.2. The van der Waals surface area contributed by atoms with Crippen molar-refractivity contribution >= 4 is 17.8 Å². The summed E-state index contributed by atoms with van der Waals surface area (Å²) in [6.45, 7) is 2.71. The van der Waals surface area contributed by atoms with E-state index in [1.165, 1.54) is 0 Å². The lowest BCUT2D eigenvalue weighted by molar-refractivity contribution is -0.149. The van der Waals surface area contributed by atoms with Crippen LogP contribution in [-0.2, 0) is 41.6 Å². The first kappa shape index (κ1) is 28.1. The van der Waals surface area contributed by atoms with E-state index in [9.17, 15) is 14.4 Å². The summed E-state index contributed by atoms with van der Waals surface area (Å²) in [6.07, 6.45) is 1.55. The maximum Gasteiger partial charge on any atom is 0.329 e. The average Bonchev–Trinajstić information content (AvgIpc) is 2.92. The Balaban J connectivity index is 1.63. The van der Waals surface area contributed by atoms with Crippen molar-refractivity contribution in [3.63, 3.8) is 0 Å². The van der Waals surface area contributed by atoms with Gasteiger partial charge in [0.25, 0.3) is 0 Å². The number of carbonyl (C=O) groups is 3. The highest BCUT2D eigenvalue weighted by Gasteiger charge is 2.35. The van der Waals surface area contributed by atoms with E-state index < -0.39 is 29.6 Å². The van der Waals surface area contributed by atoms with Crippen LogP contribution in [-0.4, -0.2) is 62.9 Å². The van der Waals surface area contributed by atoms with E-state index in [4.69, 9.17) is 18.9 Å². The van der Waals surface area contributed by atoms with E-state index >= 15 is 0 Å². The van der Waals surface area contributed by atoms with Crippen LogP contribution in [0.5, 0.6) is 5.75 Å². The van der Waals surface area contributed by atoms with Crippen LogP contribution in [0, 0.1) is 0 Å². The molecule has 2 amide bonds. The van der Waals surface area contributed by atoms with Crippen LogP contribution in [0.25, 0.3) is 0 Å². The maximum atomic E-state index is 13.0. The Labute approximate surface area is 217 Å². The third-order valence-electron chi connectivity index (χ3n) is 6.51. The van der Waals surface area contributed by atoms with Crippen LogP contribution >= 0.6 is 0 Å². The molecule has 2 aromatic rings. The molecule has 3 rings (SSSR count). The molecule has 2 N–H and O–H groups in total. The highest BCUT2D eigenvalue weighted by Crippen LogP contribution is 2.28. The van der Waals surface area contributed by atoms with Crippen LogP contribution in [0.1, 0.15) is 37.3 Å². The molecule has 2 aromatic carbocycles. The van der Waals surface area contributed by atoms with Crippen molar-refractivity contribution in [2.24, 2.45) is 0 Å². The highest BCUT2D eigenvalue weighted by atomic mass is 16.5. The van der Waals surface area contributed by atoms with Gasteiger partial charge in [-0.2, -0.15) is 0 Å². The second kappa shape index (κ2) is 13.8. The lowest BCUT2D eigenvalue weighted by Gasteiger charge is -2.35. The fraction of sp³-hybridized carbons (Fsp3) is 0.464. The quantitative estimate of drug-likeness (QED) is 0.421. The summed E-state index contributed by atoms with van der Waals surface area (Å²) in [4.78, 5) is 38.7. The van der Waals surface area contributed by atoms with Gasteiger partial charge in [0.2, 0.25) is 11.8 Å². The van der Waals surface area contributed by atoms with E-state index in [0.29, 0.717) is 31.8 Å². The molecule has 0 spiro atoms. The molecule has 2 atom stereocenters. The van der Waals surface area contributed by atoms with Crippen molar-refractivity contribution in [2.45, 2.75) is 56.9 Å². The summed E-state index contributed by atoms with van der Waals surface area (Å²) in [6, 6.07) is 14.7. The second-order valence-electron chi connectivity index (χ2n) is 9.17. The van der Waals surface area contributed by atoms with E-state index in [-0.39, 0.29) is 25.4 Å². The van der Waals surface area contributed by atoms with Crippen molar-refractivity contribution < 1.29 is 33.3 Å². The largest absolute Gasteiger partial charge is 0.497 e. The summed E-state index contributed by atoms with van der Waals surface area (Å²) in [5.74, 6) is -0.663. The molecule has 1 aliphatic heterocycles. The van der Waals surface area contributed by atoms with Crippen LogP contribution in [0.3, 0.4) is 0 Å². The Morgan fingerprint density at radius 1 is 0.946 bits per heavy atom. The molecule has 0 aliphatic carbocycles. The molecular formula is C28H36N2O7. The minimum absolute atomic E-state index is 0.0871. The van der Waals surface area contributed by atoms with Crippen molar-refractivity contribution in [1.29, 1.82) is 0 Å². The molecule has 1 fully saturated rings. The van der Waals surface area contributed by atoms with E-state index in [1.807, 2.05) is 42.5 Å². The minimum atomic E-state index is -0.940. The topological polar surface area (TPSA) is 112 Å². The van der Waals surface area contributed by atoms with Gasteiger partial charge >= 0.3 is 5.97 Å². The number of methoxy groups -OCH3 is 2. The number of hydrogen-bond donors (Lipinski definition) is 2. The van der Waals surface area contributed by atoms with Gasteiger partial charge in [-0.1, -0.05) is 42.5 Å². The van der Waals surface area contributed by atoms with E-state index in [2.05, 4.69) is 10.6 Å². The van der Waals surface area contributed by atoms with E-state index in [0.717, 1.165) is 11.1 Å². The standard InChI is InChI=1S/C28H36N2O7/c1-20(29-25(31)18-28(35-3)13-15-36-16-14-28)26(32)30-24(17-21-9-11-23(34-2)12-10-21)27(33)37-19-22-7-5-4-6-8-22/h4-12,20,24H,13-19H2,1-3H3,(H,29,31)(H,30,32)/t20-,24-/m0/s1. The Bertz CT molecular complexity index is 1020. The molecule has 9 heteroatoms. The fourth-order valence-electron chi connectivity index (χ4n) is 4.16. The SMILES string of the molecule is COc1ccc(C[C@H](NC(=O)[C@H](C)NC(=O)CC2(OC)CCOCC2)C(=O)OCc2ccccc2)cc1. The molecule has 0 bridgehead atoms. The maximum absolute atomic E-state index is 13.0. The minimum Gasteiger partial charge on any atom is -0.497 e. The first-order chi connectivity index (χ1) is 17.8. The number of nitrogens with one attached hydrogen (secondary N) is 2. The molecule has 1 heterocycles. The number of esters is 1. The number of hydrogen-bond acceptors (Lipinski definition) is 7. The van der Waals surface area contributed by atoms with Gasteiger partial charge in [-0.3, -0.25) is 9.59 Å². The Morgan fingerprint density at radius 2 is 1.62 bits per heavy atom. The van der Waals surface area contributed by atoms with Crippen molar-refractivity contribution in [3.8, 4) is 5.75 Å². The molecule has 37 heavy (non-hydrogen) atoms. The number of benzene rings is 2. The Morgan fingerprint density at radius 3 is 2.24 bits per heavy atom. The summed E-state index contributed by atoms with van der Waals surface area (Å²) in [5, 5.41) is 5.48. The van der Waals surface area contributed by atoms with Gasteiger partial charge in [-0.15, -0.1) is 0 Å². The molecule has 0 unspecified atom stereocenters. The van der Waals surface area contributed by atoms with Gasteiger partial charge in [0.1, 0.15) is 24.4 Å². The molecule has 1 saturated heterocycles. The summed E-state index contributed by atoms with van der Waals surface area (Å²) in [7, 11) is 3.16. The van der Waals surface area contributed by atoms with Gasteiger partial charge in [-0.25, -0.2) is 4.79 Å². The van der Waals surface area contributed by atoms with Gasteiger partial charge in [0.15, 0.2) is 0 Å². The molecule has 0 radical (unpaired) electrons.